The third-order valence-electron chi connectivity index (χ3n) is 4.05. The van der Waals surface area contributed by atoms with E-state index in [0.717, 1.165) is 26.2 Å². The number of rotatable bonds is 10. The summed E-state index contributed by atoms with van der Waals surface area (Å²) in [6.07, 6.45) is 9.49. The van der Waals surface area contributed by atoms with E-state index in [1.165, 1.54) is 44.9 Å². The standard InChI is InChI=1S/C15H32N2O/c1-3-5-6-7-9-14(12-16)17(4-2)13-15-10-8-11-18-15/h14-15H,3-13,16H2,1-2H3. The maximum absolute atomic E-state index is 5.96. The predicted molar refractivity (Wildman–Crippen MR) is 77.8 cm³/mol. The first kappa shape index (κ1) is 15.9. The minimum atomic E-state index is 0.453. The van der Waals surface area contributed by atoms with E-state index >= 15 is 0 Å². The fourth-order valence-electron chi connectivity index (χ4n) is 2.84. The molecule has 3 heteroatoms. The van der Waals surface area contributed by atoms with Gasteiger partial charge in [-0.05, 0) is 25.8 Å². The van der Waals surface area contributed by atoms with E-state index in [4.69, 9.17) is 10.5 Å². The average molecular weight is 256 g/mol. The van der Waals surface area contributed by atoms with Crippen LogP contribution < -0.4 is 5.73 Å². The van der Waals surface area contributed by atoms with E-state index < -0.39 is 0 Å². The predicted octanol–water partition coefficient (Wildman–Crippen LogP) is 2.79. The van der Waals surface area contributed by atoms with E-state index in [1.807, 2.05) is 0 Å². The zero-order valence-electron chi connectivity index (χ0n) is 12.4. The first-order valence-corrected chi connectivity index (χ1v) is 7.87. The Balaban J connectivity index is 2.28. The lowest BCUT2D eigenvalue weighted by Crippen LogP contribution is -2.44. The zero-order valence-corrected chi connectivity index (χ0v) is 12.4. The van der Waals surface area contributed by atoms with E-state index in [9.17, 15) is 0 Å². The van der Waals surface area contributed by atoms with Crippen molar-refractivity contribution in [3.8, 4) is 0 Å². The van der Waals surface area contributed by atoms with Gasteiger partial charge in [-0.15, -0.1) is 0 Å². The van der Waals surface area contributed by atoms with Crippen LogP contribution in [0.1, 0.15) is 58.8 Å². The molecule has 1 fully saturated rings. The summed E-state index contributed by atoms with van der Waals surface area (Å²) in [7, 11) is 0. The Morgan fingerprint density at radius 3 is 2.67 bits per heavy atom. The van der Waals surface area contributed by atoms with Gasteiger partial charge >= 0.3 is 0 Å². The van der Waals surface area contributed by atoms with Crippen LogP contribution in [0.3, 0.4) is 0 Å². The largest absolute Gasteiger partial charge is 0.377 e. The maximum Gasteiger partial charge on any atom is 0.0702 e. The van der Waals surface area contributed by atoms with E-state index in [2.05, 4.69) is 18.7 Å². The molecule has 2 unspecified atom stereocenters. The van der Waals surface area contributed by atoms with Crippen LogP contribution in [-0.2, 0) is 4.74 Å². The Morgan fingerprint density at radius 2 is 2.11 bits per heavy atom. The highest BCUT2D eigenvalue weighted by atomic mass is 16.5. The van der Waals surface area contributed by atoms with Gasteiger partial charge in [0.2, 0.25) is 0 Å². The first-order valence-electron chi connectivity index (χ1n) is 7.87. The lowest BCUT2D eigenvalue weighted by molar-refractivity contribution is 0.0582. The molecule has 0 aromatic heterocycles. The molecule has 0 aromatic rings. The summed E-state index contributed by atoms with van der Waals surface area (Å²) in [5.41, 5.74) is 5.96. The molecule has 0 bridgehead atoms. The van der Waals surface area contributed by atoms with Gasteiger partial charge < -0.3 is 10.5 Å². The molecule has 0 spiro atoms. The van der Waals surface area contributed by atoms with Crippen LogP contribution in [0.15, 0.2) is 0 Å². The third kappa shape index (κ3) is 5.68. The third-order valence-corrected chi connectivity index (χ3v) is 4.05. The summed E-state index contributed by atoms with van der Waals surface area (Å²) >= 11 is 0. The monoisotopic (exact) mass is 256 g/mol. The van der Waals surface area contributed by atoms with Crippen molar-refractivity contribution in [1.82, 2.24) is 4.90 Å². The van der Waals surface area contributed by atoms with Crippen molar-refractivity contribution in [2.45, 2.75) is 70.9 Å². The van der Waals surface area contributed by atoms with E-state index in [1.54, 1.807) is 0 Å². The number of ether oxygens (including phenoxy) is 1. The lowest BCUT2D eigenvalue weighted by atomic mass is 10.1. The van der Waals surface area contributed by atoms with Crippen LogP contribution in [0.2, 0.25) is 0 Å². The van der Waals surface area contributed by atoms with Crippen LogP contribution in [0.5, 0.6) is 0 Å². The molecule has 18 heavy (non-hydrogen) atoms. The maximum atomic E-state index is 5.96. The second-order valence-electron chi connectivity index (χ2n) is 5.46. The van der Waals surface area contributed by atoms with Gasteiger partial charge in [-0.1, -0.05) is 39.5 Å². The molecule has 2 N–H and O–H groups in total. The van der Waals surface area contributed by atoms with Crippen molar-refractivity contribution in [3.05, 3.63) is 0 Å². The SMILES string of the molecule is CCCCCCC(CN)N(CC)CC1CCCO1. The topological polar surface area (TPSA) is 38.5 Å². The lowest BCUT2D eigenvalue weighted by Gasteiger charge is -2.31. The van der Waals surface area contributed by atoms with Crippen LogP contribution in [0.25, 0.3) is 0 Å². The highest BCUT2D eigenvalue weighted by molar-refractivity contribution is 4.77. The number of unbranched alkanes of at least 4 members (excludes halogenated alkanes) is 3. The minimum absolute atomic E-state index is 0.453. The van der Waals surface area contributed by atoms with Gasteiger partial charge in [0, 0.05) is 25.7 Å². The zero-order chi connectivity index (χ0) is 13.2. The average Bonchev–Trinajstić information content (AvgIpc) is 2.90. The molecule has 0 aromatic carbocycles. The highest BCUT2D eigenvalue weighted by Crippen LogP contribution is 2.16. The van der Waals surface area contributed by atoms with Gasteiger partial charge in [-0.2, -0.15) is 0 Å². The number of nitrogens with two attached hydrogens (primary N) is 1. The smallest absolute Gasteiger partial charge is 0.0702 e. The molecule has 108 valence electrons. The molecule has 0 amide bonds. The molecule has 1 rings (SSSR count). The number of hydrogen-bond acceptors (Lipinski definition) is 3. The number of nitrogens with zero attached hydrogens (tertiary/aromatic N) is 1. The van der Waals surface area contributed by atoms with Crippen molar-refractivity contribution in [2.24, 2.45) is 5.73 Å². The highest BCUT2D eigenvalue weighted by Gasteiger charge is 2.22. The Hall–Kier alpha value is -0.120. The summed E-state index contributed by atoms with van der Waals surface area (Å²) in [4.78, 5) is 2.53. The van der Waals surface area contributed by atoms with Crippen molar-refractivity contribution in [1.29, 1.82) is 0 Å². The van der Waals surface area contributed by atoms with Gasteiger partial charge in [-0.3, -0.25) is 4.90 Å². The molecular formula is C15H32N2O. The van der Waals surface area contributed by atoms with Crippen LogP contribution in [0.4, 0.5) is 0 Å². The van der Waals surface area contributed by atoms with Crippen LogP contribution >= 0.6 is 0 Å². The molecular weight excluding hydrogens is 224 g/mol. The fraction of sp³-hybridized carbons (Fsp3) is 1.00. The van der Waals surface area contributed by atoms with Gasteiger partial charge in [0.15, 0.2) is 0 Å². The van der Waals surface area contributed by atoms with Gasteiger partial charge in [0.05, 0.1) is 6.10 Å². The van der Waals surface area contributed by atoms with Gasteiger partial charge in [-0.25, -0.2) is 0 Å². The quantitative estimate of drug-likeness (QED) is 0.611. The van der Waals surface area contributed by atoms with Crippen molar-refractivity contribution >= 4 is 0 Å². The molecule has 3 nitrogen and oxygen atoms in total. The van der Waals surface area contributed by atoms with Crippen molar-refractivity contribution in [2.75, 3.05) is 26.2 Å². The van der Waals surface area contributed by atoms with Crippen molar-refractivity contribution < 1.29 is 4.74 Å². The molecule has 1 aliphatic heterocycles. The second kappa shape index (κ2) is 9.76. The summed E-state index contributed by atoms with van der Waals surface area (Å²) in [5, 5.41) is 0. The Kier molecular flexibility index (Phi) is 8.64. The second-order valence-corrected chi connectivity index (χ2v) is 5.46. The first-order chi connectivity index (χ1) is 8.81. The summed E-state index contributed by atoms with van der Waals surface area (Å²) in [6, 6.07) is 0.552. The van der Waals surface area contributed by atoms with Crippen LogP contribution in [0, 0.1) is 0 Å². The fourth-order valence-corrected chi connectivity index (χ4v) is 2.84. The van der Waals surface area contributed by atoms with Gasteiger partial charge in [0.25, 0.3) is 0 Å². The molecule has 1 saturated heterocycles. The van der Waals surface area contributed by atoms with Crippen LogP contribution in [-0.4, -0.2) is 43.3 Å². The van der Waals surface area contributed by atoms with E-state index in [0.29, 0.717) is 12.1 Å². The molecule has 2 atom stereocenters. The molecule has 0 radical (unpaired) electrons. The number of hydrogen-bond donors (Lipinski definition) is 1. The summed E-state index contributed by atoms with van der Waals surface area (Å²) < 4.78 is 5.74. The normalized spacial score (nSPS) is 21.7. The Bertz CT molecular complexity index is 193. The molecule has 0 saturated carbocycles. The summed E-state index contributed by atoms with van der Waals surface area (Å²) in [6.45, 7) is 8.40. The van der Waals surface area contributed by atoms with E-state index in [-0.39, 0.29) is 0 Å². The molecule has 1 heterocycles. The Labute approximate surface area is 113 Å². The van der Waals surface area contributed by atoms with Gasteiger partial charge in [0.1, 0.15) is 0 Å². The summed E-state index contributed by atoms with van der Waals surface area (Å²) in [5.74, 6) is 0. The molecule has 1 aliphatic rings. The number of likely N-dealkylation sites (N-methyl/N-ethyl adjacent to an activating group) is 1. The Morgan fingerprint density at radius 1 is 1.28 bits per heavy atom. The minimum Gasteiger partial charge on any atom is -0.377 e. The molecule has 0 aliphatic carbocycles. The van der Waals surface area contributed by atoms with Crippen molar-refractivity contribution in [3.63, 3.8) is 0 Å².